The molecular formula is C28H27F3N4O5S. The third kappa shape index (κ3) is 5.64. The number of sulfonamides is 1. The van der Waals surface area contributed by atoms with Crippen LogP contribution in [0.5, 0.6) is 0 Å². The van der Waals surface area contributed by atoms with E-state index in [0.29, 0.717) is 23.0 Å². The topological polar surface area (TPSA) is 115 Å². The summed E-state index contributed by atoms with van der Waals surface area (Å²) in [4.78, 5) is 30.3. The maximum absolute atomic E-state index is 13.4. The van der Waals surface area contributed by atoms with Gasteiger partial charge in [-0.05, 0) is 51.0 Å². The summed E-state index contributed by atoms with van der Waals surface area (Å²) in [5.74, 6) is -0.573. The van der Waals surface area contributed by atoms with Crippen molar-refractivity contribution in [2.45, 2.75) is 56.6 Å². The van der Waals surface area contributed by atoms with Crippen molar-refractivity contribution in [2.75, 3.05) is 6.54 Å². The molecule has 0 bridgehead atoms. The molecule has 1 aliphatic rings. The van der Waals surface area contributed by atoms with Crippen LogP contribution in [0.3, 0.4) is 0 Å². The predicted octanol–water partition coefficient (Wildman–Crippen LogP) is 4.73. The Balaban J connectivity index is 1.38. The molecule has 9 nitrogen and oxygen atoms in total. The molecule has 0 unspecified atom stereocenters. The molecule has 216 valence electrons. The minimum atomic E-state index is -4.54. The summed E-state index contributed by atoms with van der Waals surface area (Å²) in [5, 5.41) is 3.04. The van der Waals surface area contributed by atoms with E-state index in [1.54, 1.807) is 38.1 Å². The Morgan fingerprint density at radius 3 is 2.59 bits per heavy atom. The summed E-state index contributed by atoms with van der Waals surface area (Å²) in [6, 6.07) is 10.6. The predicted molar refractivity (Wildman–Crippen MR) is 144 cm³/mol. The van der Waals surface area contributed by atoms with Crippen molar-refractivity contribution in [3.63, 3.8) is 0 Å². The summed E-state index contributed by atoms with van der Waals surface area (Å²) in [7, 11) is -4.11. The number of pyridine rings is 2. The lowest BCUT2D eigenvalue weighted by molar-refractivity contribution is -0.137. The van der Waals surface area contributed by atoms with Crippen molar-refractivity contribution in [1.82, 2.24) is 19.2 Å². The first-order valence-electron chi connectivity index (χ1n) is 12.9. The number of halogens is 3. The largest absolute Gasteiger partial charge is 0.443 e. The lowest BCUT2D eigenvalue weighted by atomic mass is 10.1. The monoisotopic (exact) mass is 588 g/mol. The number of furan rings is 1. The lowest BCUT2D eigenvalue weighted by Gasteiger charge is -2.22. The van der Waals surface area contributed by atoms with E-state index in [0.717, 1.165) is 16.6 Å². The number of aromatic nitrogens is 2. The Hall–Kier alpha value is -3.97. The van der Waals surface area contributed by atoms with Gasteiger partial charge in [-0.1, -0.05) is 18.2 Å². The van der Waals surface area contributed by atoms with E-state index in [1.165, 1.54) is 29.0 Å². The van der Waals surface area contributed by atoms with Gasteiger partial charge in [0.05, 0.1) is 11.3 Å². The van der Waals surface area contributed by atoms with E-state index in [1.807, 2.05) is 0 Å². The van der Waals surface area contributed by atoms with Gasteiger partial charge in [0.1, 0.15) is 11.6 Å². The van der Waals surface area contributed by atoms with Gasteiger partial charge in [0, 0.05) is 54.1 Å². The van der Waals surface area contributed by atoms with Crippen LogP contribution in [0.15, 0.2) is 75.2 Å². The van der Waals surface area contributed by atoms with Gasteiger partial charge in [0.2, 0.25) is 11.0 Å². The Bertz CT molecular complexity index is 1730. The van der Waals surface area contributed by atoms with Crippen LogP contribution in [0, 0.1) is 0 Å². The molecule has 13 heteroatoms. The van der Waals surface area contributed by atoms with Crippen LogP contribution in [0.4, 0.5) is 13.2 Å². The number of carbonyl (C=O) groups excluding carboxylic acids is 1. The third-order valence-corrected chi connectivity index (χ3v) is 8.75. The number of fused-ring (bicyclic) bond motifs is 1. The van der Waals surface area contributed by atoms with Crippen LogP contribution in [0.1, 0.15) is 43.9 Å². The quantitative estimate of drug-likeness (QED) is 0.334. The maximum atomic E-state index is 13.4. The Labute approximate surface area is 233 Å². The fourth-order valence-electron chi connectivity index (χ4n) is 4.83. The van der Waals surface area contributed by atoms with Gasteiger partial charge in [-0.15, -0.1) is 0 Å². The molecule has 41 heavy (non-hydrogen) atoms. The summed E-state index contributed by atoms with van der Waals surface area (Å²) in [5.41, 5.74) is -0.0880. The molecule has 0 aliphatic carbocycles. The van der Waals surface area contributed by atoms with E-state index in [2.05, 4.69) is 10.3 Å². The van der Waals surface area contributed by atoms with Gasteiger partial charge in [-0.25, -0.2) is 8.42 Å². The number of hydrogen-bond donors (Lipinski definition) is 1. The van der Waals surface area contributed by atoms with E-state index >= 15 is 0 Å². The number of hydrogen-bond acceptors (Lipinski definition) is 6. The highest BCUT2D eigenvalue weighted by Gasteiger charge is 2.41. The van der Waals surface area contributed by atoms with Crippen LogP contribution in [-0.2, 0) is 27.5 Å². The van der Waals surface area contributed by atoms with Gasteiger partial charge >= 0.3 is 6.18 Å². The molecule has 1 fully saturated rings. The fourth-order valence-corrected chi connectivity index (χ4v) is 6.44. The molecule has 1 atom stereocenters. The molecule has 4 aromatic rings. The third-order valence-electron chi connectivity index (χ3n) is 6.99. The van der Waals surface area contributed by atoms with Crippen LogP contribution in [0.25, 0.3) is 22.2 Å². The zero-order valence-electron chi connectivity index (χ0n) is 22.2. The highest BCUT2D eigenvalue weighted by molar-refractivity contribution is 7.89. The maximum Gasteiger partial charge on any atom is 0.417 e. The highest BCUT2D eigenvalue weighted by atomic mass is 32.2. The molecule has 1 aromatic carbocycles. The number of carbonyl (C=O) groups is 1. The molecule has 1 N–H and O–H groups in total. The van der Waals surface area contributed by atoms with Crippen molar-refractivity contribution < 1.29 is 30.8 Å². The van der Waals surface area contributed by atoms with Crippen molar-refractivity contribution in [1.29, 1.82) is 0 Å². The van der Waals surface area contributed by atoms with Gasteiger partial charge < -0.3 is 14.3 Å². The molecule has 1 aliphatic heterocycles. The number of nitrogens with zero attached hydrogens (tertiary/aromatic N) is 3. The van der Waals surface area contributed by atoms with Gasteiger partial charge in [0.15, 0.2) is 0 Å². The molecule has 1 amide bonds. The van der Waals surface area contributed by atoms with Crippen LogP contribution in [-0.4, -0.2) is 40.8 Å². The van der Waals surface area contributed by atoms with Gasteiger partial charge in [0.25, 0.3) is 15.6 Å². The minimum absolute atomic E-state index is 0.132. The number of alkyl halides is 3. The minimum Gasteiger partial charge on any atom is -0.443 e. The normalized spacial score (nSPS) is 16.5. The Morgan fingerprint density at radius 1 is 1.17 bits per heavy atom. The summed E-state index contributed by atoms with van der Waals surface area (Å²) < 4.78 is 73.8. The standard InChI is InChI=1S/C28H27F3N4O5S/c1-17(2)34-16-20(22-10-9-21(15-32-22)28(29,30)31)12-19(27(34)37)14-33-26(36)23-7-5-11-35(23)41(38,39)25-13-18-6-3-4-8-24(18)40-25/h3-4,6,8-10,12-13,15-17,23H,5,7,11,14H2,1-2H3,(H,33,36)/t23-/m0/s1. The average Bonchev–Trinajstić information content (AvgIpc) is 3.60. The number of amides is 1. The van der Waals surface area contributed by atoms with Crippen LogP contribution >= 0.6 is 0 Å². The molecule has 5 rings (SSSR count). The summed E-state index contributed by atoms with van der Waals surface area (Å²) in [6.45, 7) is 3.46. The number of benzene rings is 1. The van der Waals surface area contributed by atoms with Gasteiger partial charge in [-0.3, -0.25) is 14.6 Å². The summed E-state index contributed by atoms with van der Waals surface area (Å²) >= 11 is 0. The van der Waals surface area contributed by atoms with Crippen molar-refractivity contribution >= 4 is 26.9 Å². The Kier molecular flexibility index (Phi) is 7.51. The van der Waals surface area contributed by atoms with Gasteiger partial charge in [-0.2, -0.15) is 17.5 Å². The molecule has 0 saturated carbocycles. The lowest BCUT2D eigenvalue weighted by Crippen LogP contribution is -2.46. The van der Waals surface area contributed by atoms with E-state index in [-0.39, 0.29) is 41.9 Å². The number of nitrogens with one attached hydrogen (secondary N) is 1. The molecule has 3 aromatic heterocycles. The second kappa shape index (κ2) is 10.8. The second-order valence-electron chi connectivity index (χ2n) is 10.1. The average molecular weight is 589 g/mol. The fraction of sp³-hybridized carbons (Fsp3) is 0.321. The highest BCUT2D eigenvalue weighted by Crippen LogP contribution is 2.31. The molecule has 4 heterocycles. The number of rotatable bonds is 7. The Morgan fingerprint density at radius 2 is 1.93 bits per heavy atom. The SMILES string of the molecule is CC(C)n1cc(-c2ccc(C(F)(F)F)cn2)cc(CNC(=O)[C@@H]2CCCN2S(=O)(=O)c2cc3ccccc3o2)c1=O. The molecular weight excluding hydrogens is 561 g/mol. The number of para-hydroxylation sites is 1. The molecule has 1 saturated heterocycles. The molecule has 0 spiro atoms. The van der Waals surface area contributed by atoms with E-state index < -0.39 is 39.3 Å². The first-order valence-corrected chi connectivity index (χ1v) is 14.4. The first-order chi connectivity index (χ1) is 19.4. The molecule has 0 radical (unpaired) electrons. The zero-order valence-corrected chi connectivity index (χ0v) is 23.0. The van der Waals surface area contributed by atoms with Crippen LogP contribution in [0.2, 0.25) is 0 Å². The smallest absolute Gasteiger partial charge is 0.417 e. The van der Waals surface area contributed by atoms with Crippen molar-refractivity contribution in [3.05, 3.63) is 82.4 Å². The van der Waals surface area contributed by atoms with Crippen LogP contribution < -0.4 is 10.9 Å². The first kappa shape index (κ1) is 28.6. The van der Waals surface area contributed by atoms with Crippen molar-refractivity contribution in [2.24, 2.45) is 0 Å². The second-order valence-corrected chi connectivity index (χ2v) is 11.9. The van der Waals surface area contributed by atoms with E-state index in [9.17, 15) is 31.2 Å². The van der Waals surface area contributed by atoms with E-state index in [4.69, 9.17) is 4.42 Å². The summed E-state index contributed by atoms with van der Waals surface area (Å²) in [6.07, 6.45) is -1.56. The zero-order chi connectivity index (χ0) is 29.5. The van der Waals surface area contributed by atoms with Crippen molar-refractivity contribution in [3.8, 4) is 11.3 Å².